The van der Waals surface area contributed by atoms with Gasteiger partial charge in [0.25, 0.3) is 5.91 Å². The molecule has 1 fully saturated rings. The second-order valence-corrected chi connectivity index (χ2v) is 4.94. The standard InChI is InChI=1S/C15H20N2O3/c1-20-10-11-5-7-12(8-6-11)14(18)17-13-4-2-3-9-16-15(13)19/h5-8,13H,2-4,9-10H2,1H3,(H,16,19)(H,17,18). The van der Waals surface area contributed by atoms with E-state index in [1.807, 2.05) is 12.1 Å². The van der Waals surface area contributed by atoms with E-state index in [-0.39, 0.29) is 11.8 Å². The highest BCUT2D eigenvalue weighted by molar-refractivity contribution is 5.97. The van der Waals surface area contributed by atoms with Crippen molar-refractivity contribution in [1.82, 2.24) is 10.6 Å². The first kappa shape index (κ1) is 14.5. The topological polar surface area (TPSA) is 67.4 Å². The van der Waals surface area contributed by atoms with Crippen LogP contribution >= 0.6 is 0 Å². The number of nitrogens with one attached hydrogen (secondary N) is 2. The monoisotopic (exact) mass is 276 g/mol. The van der Waals surface area contributed by atoms with E-state index >= 15 is 0 Å². The van der Waals surface area contributed by atoms with Crippen LogP contribution in [0.15, 0.2) is 24.3 Å². The number of methoxy groups -OCH3 is 1. The van der Waals surface area contributed by atoms with Crippen LogP contribution in [0.1, 0.15) is 35.2 Å². The van der Waals surface area contributed by atoms with Crippen LogP contribution in [0.2, 0.25) is 0 Å². The van der Waals surface area contributed by atoms with E-state index in [1.165, 1.54) is 0 Å². The molecule has 1 saturated heterocycles. The molecule has 1 aliphatic rings. The fraction of sp³-hybridized carbons (Fsp3) is 0.467. The van der Waals surface area contributed by atoms with Gasteiger partial charge in [0.15, 0.2) is 0 Å². The van der Waals surface area contributed by atoms with E-state index in [9.17, 15) is 9.59 Å². The molecule has 0 radical (unpaired) electrons. The third-order valence-corrected chi connectivity index (χ3v) is 3.37. The first-order chi connectivity index (χ1) is 9.70. The number of carbonyl (C=O) groups excluding carboxylic acids is 2. The Bertz CT molecular complexity index is 471. The number of amides is 2. The molecule has 0 bridgehead atoms. The zero-order valence-corrected chi connectivity index (χ0v) is 11.6. The van der Waals surface area contributed by atoms with Crippen LogP contribution in [-0.2, 0) is 16.1 Å². The fourth-order valence-corrected chi connectivity index (χ4v) is 2.24. The van der Waals surface area contributed by atoms with Gasteiger partial charge in [-0.25, -0.2) is 0 Å². The first-order valence-electron chi connectivity index (χ1n) is 6.87. The van der Waals surface area contributed by atoms with Crippen LogP contribution in [-0.4, -0.2) is 31.5 Å². The molecule has 0 saturated carbocycles. The quantitative estimate of drug-likeness (QED) is 0.869. The molecule has 1 aliphatic heterocycles. The number of ether oxygens (including phenoxy) is 1. The summed E-state index contributed by atoms with van der Waals surface area (Å²) in [6, 6.07) is 6.77. The molecule has 2 rings (SSSR count). The Morgan fingerprint density at radius 2 is 2.10 bits per heavy atom. The summed E-state index contributed by atoms with van der Waals surface area (Å²) < 4.78 is 5.02. The van der Waals surface area contributed by atoms with Crippen LogP contribution < -0.4 is 10.6 Å². The van der Waals surface area contributed by atoms with Gasteiger partial charge in [0.2, 0.25) is 5.91 Å². The van der Waals surface area contributed by atoms with Crippen molar-refractivity contribution in [3.05, 3.63) is 35.4 Å². The summed E-state index contributed by atoms with van der Waals surface area (Å²) >= 11 is 0. The lowest BCUT2D eigenvalue weighted by molar-refractivity contribution is -0.122. The summed E-state index contributed by atoms with van der Waals surface area (Å²) in [6.07, 6.45) is 2.60. The largest absolute Gasteiger partial charge is 0.380 e. The van der Waals surface area contributed by atoms with Gasteiger partial charge in [0, 0.05) is 19.2 Å². The first-order valence-corrected chi connectivity index (χ1v) is 6.87. The molecular weight excluding hydrogens is 256 g/mol. The molecule has 5 heteroatoms. The third-order valence-electron chi connectivity index (χ3n) is 3.37. The Hall–Kier alpha value is -1.88. The predicted molar refractivity (Wildman–Crippen MR) is 75.3 cm³/mol. The van der Waals surface area contributed by atoms with Crippen LogP contribution in [0.3, 0.4) is 0 Å². The Morgan fingerprint density at radius 3 is 2.80 bits per heavy atom. The second-order valence-electron chi connectivity index (χ2n) is 4.94. The van der Waals surface area contributed by atoms with Gasteiger partial charge >= 0.3 is 0 Å². The highest BCUT2D eigenvalue weighted by Crippen LogP contribution is 2.09. The molecule has 20 heavy (non-hydrogen) atoms. The van der Waals surface area contributed by atoms with E-state index in [4.69, 9.17) is 4.74 Å². The zero-order chi connectivity index (χ0) is 14.4. The Balaban J connectivity index is 1.98. The van der Waals surface area contributed by atoms with Gasteiger partial charge in [-0.2, -0.15) is 0 Å². The van der Waals surface area contributed by atoms with E-state index in [1.54, 1.807) is 19.2 Å². The van der Waals surface area contributed by atoms with E-state index in [0.29, 0.717) is 25.1 Å². The van der Waals surface area contributed by atoms with Gasteiger partial charge in [-0.1, -0.05) is 12.1 Å². The summed E-state index contributed by atoms with van der Waals surface area (Å²) in [7, 11) is 1.63. The number of carbonyl (C=O) groups is 2. The molecule has 108 valence electrons. The van der Waals surface area contributed by atoms with E-state index in [2.05, 4.69) is 10.6 Å². The molecule has 5 nitrogen and oxygen atoms in total. The van der Waals surface area contributed by atoms with Gasteiger partial charge in [-0.3, -0.25) is 9.59 Å². The van der Waals surface area contributed by atoms with Crippen LogP contribution in [0.5, 0.6) is 0 Å². The van der Waals surface area contributed by atoms with Gasteiger partial charge in [-0.05, 0) is 37.0 Å². The van der Waals surface area contributed by atoms with Crippen molar-refractivity contribution < 1.29 is 14.3 Å². The minimum atomic E-state index is -0.427. The maximum atomic E-state index is 12.1. The molecule has 2 amide bonds. The molecule has 1 aromatic carbocycles. The number of benzene rings is 1. The lowest BCUT2D eigenvalue weighted by Crippen LogP contribution is -2.45. The number of rotatable bonds is 4. The van der Waals surface area contributed by atoms with Crippen molar-refractivity contribution in [3.8, 4) is 0 Å². The van der Waals surface area contributed by atoms with Crippen LogP contribution in [0.4, 0.5) is 0 Å². The van der Waals surface area contributed by atoms with Crippen molar-refractivity contribution in [2.24, 2.45) is 0 Å². The van der Waals surface area contributed by atoms with Crippen LogP contribution in [0, 0.1) is 0 Å². The number of hydrogen-bond acceptors (Lipinski definition) is 3. The van der Waals surface area contributed by atoms with Gasteiger partial charge in [0.1, 0.15) is 6.04 Å². The normalized spacial score (nSPS) is 19.1. The van der Waals surface area contributed by atoms with Gasteiger partial charge in [-0.15, -0.1) is 0 Å². The lowest BCUT2D eigenvalue weighted by Gasteiger charge is -2.15. The molecular formula is C15H20N2O3. The summed E-state index contributed by atoms with van der Waals surface area (Å²) in [5, 5.41) is 5.60. The molecule has 0 spiro atoms. The SMILES string of the molecule is COCc1ccc(C(=O)NC2CCCCNC2=O)cc1. The van der Waals surface area contributed by atoms with E-state index in [0.717, 1.165) is 18.4 Å². The Morgan fingerprint density at radius 1 is 1.35 bits per heavy atom. The van der Waals surface area contributed by atoms with Crippen LogP contribution in [0.25, 0.3) is 0 Å². The van der Waals surface area contributed by atoms with Crippen molar-refractivity contribution in [2.45, 2.75) is 31.9 Å². The molecule has 1 atom stereocenters. The zero-order valence-electron chi connectivity index (χ0n) is 11.6. The van der Waals surface area contributed by atoms with Crippen molar-refractivity contribution >= 4 is 11.8 Å². The van der Waals surface area contributed by atoms with Crippen molar-refractivity contribution in [1.29, 1.82) is 0 Å². The summed E-state index contributed by atoms with van der Waals surface area (Å²) in [6.45, 7) is 1.21. The highest BCUT2D eigenvalue weighted by atomic mass is 16.5. The lowest BCUT2D eigenvalue weighted by atomic mass is 10.1. The Labute approximate surface area is 118 Å². The summed E-state index contributed by atoms with van der Waals surface area (Å²) in [5.41, 5.74) is 1.57. The predicted octanol–water partition coefficient (Wildman–Crippen LogP) is 1.23. The summed E-state index contributed by atoms with van der Waals surface area (Å²) in [4.78, 5) is 23.9. The molecule has 1 unspecified atom stereocenters. The minimum Gasteiger partial charge on any atom is -0.380 e. The van der Waals surface area contributed by atoms with Gasteiger partial charge < -0.3 is 15.4 Å². The molecule has 1 heterocycles. The van der Waals surface area contributed by atoms with Crippen molar-refractivity contribution in [2.75, 3.05) is 13.7 Å². The maximum Gasteiger partial charge on any atom is 0.251 e. The molecule has 1 aromatic rings. The molecule has 0 aromatic heterocycles. The Kier molecular flexibility index (Phi) is 5.12. The second kappa shape index (κ2) is 7.05. The highest BCUT2D eigenvalue weighted by Gasteiger charge is 2.22. The molecule has 2 N–H and O–H groups in total. The van der Waals surface area contributed by atoms with Gasteiger partial charge in [0.05, 0.1) is 6.61 Å². The smallest absolute Gasteiger partial charge is 0.251 e. The van der Waals surface area contributed by atoms with E-state index < -0.39 is 6.04 Å². The average Bonchev–Trinajstić information content (AvgIpc) is 2.65. The summed E-state index contributed by atoms with van der Waals surface area (Å²) in [5.74, 6) is -0.303. The van der Waals surface area contributed by atoms with Crippen molar-refractivity contribution in [3.63, 3.8) is 0 Å². The minimum absolute atomic E-state index is 0.0909. The third kappa shape index (κ3) is 3.81. The molecule has 0 aliphatic carbocycles. The maximum absolute atomic E-state index is 12.1. The average molecular weight is 276 g/mol. The number of hydrogen-bond donors (Lipinski definition) is 2. The fourth-order valence-electron chi connectivity index (χ4n) is 2.24.